The fraction of sp³-hybridized carbons (Fsp3) is 0.588. The van der Waals surface area contributed by atoms with Crippen LogP contribution >= 0.6 is 0 Å². The first kappa shape index (κ1) is 16.8. The van der Waals surface area contributed by atoms with Crippen LogP contribution in [0.1, 0.15) is 32.3 Å². The Balaban J connectivity index is 1.90. The van der Waals surface area contributed by atoms with Gasteiger partial charge in [0.05, 0.1) is 11.7 Å². The molecule has 122 valence electrons. The van der Waals surface area contributed by atoms with Gasteiger partial charge in [0.1, 0.15) is 6.61 Å². The molecule has 0 aromatic heterocycles. The number of nitrogens with zero attached hydrogens (tertiary/aromatic N) is 1. The highest BCUT2D eigenvalue weighted by atomic mass is 16.6. The molecule has 22 heavy (non-hydrogen) atoms. The van der Waals surface area contributed by atoms with Crippen molar-refractivity contribution < 1.29 is 19.7 Å². The highest BCUT2D eigenvalue weighted by Crippen LogP contribution is 2.30. The lowest BCUT2D eigenvalue weighted by molar-refractivity contribution is -0.107. The van der Waals surface area contributed by atoms with Crippen molar-refractivity contribution in [1.29, 1.82) is 0 Å². The molecule has 1 heterocycles. The third kappa shape index (κ3) is 3.99. The van der Waals surface area contributed by atoms with Crippen molar-refractivity contribution in [3.63, 3.8) is 0 Å². The lowest BCUT2D eigenvalue weighted by atomic mass is 9.80. The number of rotatable bonds is 4. The van der Waals surface area contributed by atoms with E-state index < -0.39 is 11.7 Å². The molecule has 1 aliphatic heterocycles. The Morgan fingerprint density at radius 1 is 1.45 bits per heavy atom. The average molecular weight is 307 g/mol. The van der Waals surface area contributed by atoms with E-state index in [4.69, 9.17) is 4.74 Å². The van der Waals surface area contributed by atoms with Gasteiger partial charge in [0.25, 0.3) is 0 Å². The van der Waals surface area contributed by atoms with Crippen LogP contribution in [0, 0.1) is 5.92 Å². The van der Waals surface area contributed by atoms with Crippen molar-refractivity contribution in [1.82, 2.24) is 4.90 Å². The summed E-state index contributed by atoms with van der Waals surface area (Å²) in [5, 5.41) is 20.1. The topological polar surface area (TPSA) is 70.0 Å². The molecular weight excluding hydrogens is 282 g/mol. The minimum absolute atomic E-state index is 0.148. The van der Waals surface area contributed by atoms with E-state index >= 15 is 0 Å². The first-order chi connectivity index (χ1) is 10.4. The van der Waals surface area contributed by atoms with Crippen LogP contribution in [-0.2, 0) is 11.3 Å². The summed E-state index contributed by atoms with van der Waals surface area (Å²) in [6.07, 6.45) is 0.390. The van der Waals surface area contributed by atoms with Crippen molar-refractivity contribution in [3.05, 3.63) is 35.9 Å². The second kappa shape index (κ2) is 7.11. The number of amides is 1. The summed E-state index contributed by atoms with van der Waals surface area (Å²) < 4.78 is 5.33. The van der Waals surface area contributed by atoms with Crippen molar-refractivity contribution in [2.24, 2.45) is 5.92 Å². The summed E-state index contributed by atoms with van der Waals surface area (Å²) in [6, 6.07) is 9.54. The summed E-state index contributed by atoms with van der Waals surface area (Å²) in [7, 11) is 0. The maximum atomic E-state index is 12.2. The molecule has 1 amide bonds. The van der Waals surface area contributed by atoms with Crippen molar-refractivity contribution in [2.75, 3.05) is 13.1 Å². The number of ether oxygens (including phenoxy) is 1. The van der Waals surface area contributed by atoms with Crippen molar-refractivity contribution in [3.8, 4) is 0 Å². The number of likely N-dealkylation sites (tertiary alicyclic amines) is 1. The number of piperidine rings is 1. The number of aliphatic hydroxyl groups is 2. The number of hydrogen-bond acceptors (Lipinski definition) is 4. The fourth-order valence-corrected chi connectivity index (χ4v) is 2.77. The third-order valence-corrected chi connectivity index (χ3v) is 4.56. The van der Waals surface area contributed by atoms with E-state index in [9.17, 15) is 15.0 Å². The Labute approximate surface area is 131 Å². The van der Waals surface area contributed by atoms with E-state index in [-0.39, 0.29) is 18.6 Å². The average Bonchev–Trinajstić information content (AvgIpc) is 2.53. The van der Waals surface area contributed by atoms with Crippen LogP contribution in [0.2, 0.25) is 0 Å². The van der Waals surface area contributed by atoms with E-state index in [1.54, 1.807) is 18.7 Å². The van der Waals surface area contributed by atoms with Gasteiger partial charge in [0.15, 0.2) is 0 Å². The molecule has 0 aliphatic carbocycles. The highest BCUT2D eigenvalue weighted by molar-refractivity contribution is 5.67. The second-order valence-corrected chi connectivity index (χ2v) is 6.23. The molecule has 0 bridgehead atoms. The molecule has 3 atom stereocenters. The van der Waals surface area contributed by atoms with E-state index in [0.717, 1.165) is 18.4 Å². The van der Waals surface area contributed by atoms with Crippen LogP contribution in [0.4, 0.5) is 4.79 Å². The third-order valence-electron chi connectivity index (χ3n) is 4.56. The molecule has 2 N–H and O–H groups in total. The molecule has 1 saturated heterocycles. The summed E-state index contributed by atoms with van der Waals surface area (Å²) in [6.45, 7) is 4.48. The molecule has 0 spiro atoms. The predicted molar refractivity (Wildman–Crippen MR) is 83.2 cm³/mol. The highest BCUT2D eigenvalue weighted by Gasteiger charge is 2.40. The molecule has 0 saturated carbocycles. The van der Waals surface area contributed by atoms with Crippen LogP contribution < -0.4 is 0 Å². The monoisotopic (exact) mass is 307 g/mol. The number of benzene rings is 1. The lowest BCUT2D eigenvalue weighted by Crippen LogP contribution is -2.52. The largest absolute Gasteiger partial charge is 0.445 e. The maximum absolute atomic E-state index is 12.2. The zero-order chi connectivity index (χ0) is 16.2. The van der Waals surface area contributed by atoms with Gasteiger partial charge >= 0.3 is 6.09 Å². The van der Waals surface area contributed by atoms with Crippen LogP contribution in [0.3, 0.4) is 0 Å². The maximum Gasteiger partial charge on any atom is 0.410 e. The molecule has 1 aliphatic rings. The molecule has 2 rings (SSSR count). The molecule has 5 nitrogen and oxygen atoms in total. The first-order valence-corrected chi connectivity index (χ1v) is 7.77. The fourth-order valence-electron chi connectivity index (χ4n) is 2.77. The zero-order valence-corrected chi connectivity index (χ0v) is 13.2. The lowest BCUT2D eigenvalue weighted by Gasteiger charge is -2.41. The molecule has 1 fully saturated rings. The van der Waals surface area contributed by atoms with Gasteiger partial charge in [-0.2, -0.15) is 0 Å². The number of hydrogen-bond donors (Lipinski definition) is 2. The molecule has 5 heteroatoms. The van der Waals surface area contributed by atoms with Crippen LogP contribution in [0.5, 0.6) is 0 Å². The van der Waals surface area contributed by atoms with Crippen LogP contribution in [0.25, 0.3) is 0 Å². The van der Waals surface area contributed by atoms with E-state index in [2.05, 4.69) is 0 Å². The standard InChI is InChI=1S/C17H25NO4/c1-13(19)17(2,21)15-9-6-10-18(11-15)16(20)22-12-14-7-4-3-5-8-14/h3-5,7-8,13,15,19,21H,6,9-12H2,1-2H3/t13-,15+,17-/m1/s1. The summed E-state index contributed by atoms with van der Waals surface area (Å²) in [4.78, 5) is 13.8. The van der Waals surface area contributed by atoms with Gasteiger partial charge in [-0.3, -0.25) is 0 Å². The minimum Gasteiger partial charge on any atom is -0.445 e. The van der Waals surface area contributed by atoms with Gasteiger partial charge in [-0.15, -0.1) is 0 Å². The van der Waals surface area contributed by atoms with E-state index in [0.29, 0.717) is 13.1 Å². The van der Waals surface area contributed by atoms with Crippen molar-refractivity contribution >= 4 is 6.09 Å². The van der Waals surface area contributed by atoms with Crippen LogP contribution in [0.15, 0.2) is 30.3 Å². The second-order valence-electron chi connectivity index (χ2n) is 6.23. The Hall–Kier alpha value is -1.59. The van der Waals surface area contributed by atoms with Gasteiger partial charge in [-0.05, 0) is 32.3 Å². The number of aliphatic hydroxyl groups excluding tert-OH is 1. The molecule has 1 aromatic carbocycles. The summed E-state index contributed by atoms with van der Waals surface area (Å²) in [5.41, 5.74) is -0.251. The van der Waals surface area contributed by atoms with Gasteiger partial charge < -0.3 is 19.8 Å². The van der Waals surface area contributed by atoms with Crippen LogP contribution in [-0.4, -0.2) is 46.0 Å². The molecule has 0 unspecified atom stereocenters. The van der Waals surface area contributed by atoms with Gasteiger partial charge in [-0.25, -0.2) is 4.79 Å². The zero-order valence-electron chi connectivity index (χ0n) is 13.2. The van der Waals surface area contributed by atoms with Gasteiger partial charge in [0.2, 0.25) is 0 Å². The van der Waals surface area contributed by atoms with Gasteiger partial charge in [-0.1, -0.05) is 30.3 Å². The molecule has 0 radical (unpaired) electrons. The van der Waals surface area contributed by atoms with E-state index in [1.165, 1.54) is 0 Å². The Morgan fingerprint density at radius 2 is 2.14 bits per heavy atom. The normalized spacial score (nSPS) is 22.7. The molecular formula is C17H25NO4. The Morgan fingerprint density at radius 3 is 2.77 bits per heavy atom. The Kier molecular flexibility index (Phi) is 5.42. The smallest absolute Gasteiger partial charge is 0.410 e. The quantitative estimate of drug-likeness (QED) is 0.894. The number of carbonyl (C=O) groups excluding carboxylic acids is 1. The Bertz CT molecular complexity index is 487. The van der Waals surface area contributed by atoms with E-state index in [1.807, 2.05) is 30.3 Å². The first-order valence-electron chi connectivity index (χ1n) is 7.77. The molecule has 1 aromatic rings. The SMILES string of the molecule is C[C@@H](O)[C@@](C)(O)[C@H]1CCCN(C(=O)OCc2ccccc2)C1. The number of carbonyl (C=O) groups is 1. The van der Waals surface area contributed by atoms with Crippen molar-refractivity contribution in [2.45, 2.75) is 45.0 Å². The summed E-state index contributed by atoms with van der Waals surface area (Å²) >= 11 is 0. The van der Waals surface area contributed by atoms with Gasteiger partial charge in [0, 0.05) is 19.0 Å². The predicted octanol–water partition coefficient (Wildman–Crippen LogP) is 2.17. The summed E-state index contributed by atoms with van der Waals surface area (Å²) in [5.74, 6) is -0.148. The minimum atomic E-state index is -1.20.